The molecule has 1 fully saturated rings. The highest BCUT2D eigenvalue weighted by Gasteiger charge is 2.37. The first kappa shape index (κ1) is 16.1. The zero-order chi connectivity index (χ0) is 17.8. The van der Waals surface area contributed by atoms with E-state index in [2.05, 4.69) is 17.5 Å². The maximum Gasteiger partial charge on any atom is 0.327 e. The summed E-state index contributed by atoms with van der Waals surface area (Å²) in [6.07, 6.45) is 2.99. The lowest BCUT2D eigenvalue weighted by atomic mass is 9.98. The van der Waals surface area contributed by atoms with Gasteiger partial charge in [0.05, 0.1) is 5.03 Å². The minimum Gasteiger partial charge on any atom is -0.480 e. The van der Waals surface area contributed by atoms with Crippen LogP contribution in [0.4, 0.5) is 0 Å². The summed E-state index contributed by atoms with van der Waals surface area (Å²) < 4.78 is 2.77. The first-order chi connectivity index (χ1) is 12.6. The van der Waals surface area contributed by atoms with Gasteiger partial charge in [-0.2, -0.15) is 0 Å². The van der Waals surface area contributed by atoms with E-state index >= 15 is 0 Å². The summed E-state index contributed by atoms with van der Waals surface area (Å²) >= 11 is 3.26. The normalized spacial score (nSPS) is 19.0. The minimum atomic E-state index is -0.920. The third-order valence-corrected chi connectivity index (χ3v) is 7.42. The van der Waals surface area contributed by atoms with Gasteiger partial charge in [0.2, 0.25) is 0 Å². The average molecular weight is 383 g/mol. The van der Waals surface area contributed by atoms with E-state index in [4.69, 9.17) is 0 Å². The van der Waals surface area contributed by atoms with Crippen LogP contribution < -0.4 is 5.56 Å². The van der Waals surface area contributed by atoms with E-state index in [1.165, 1.54) is 37.5 Å². The van der Waals surface area contributed by atoms with E-state index in [0.29, 0.717) is 11.7 Å². The van der Waals surface area contributed by atoms with Crippen LogP contribution in [0.1, 0.15) is 41.5 Å². The SMILES string of the molecule is O=C(O)[C@@H]1CSc2c(C3CC3)c(Cc3csc4ccccc34)cc(=O)n21. The molecule has 0 unspecified atom stereocenters. The number of rotatable bonds is 4. The number of fused-ring (bicyclic) bond motifs is 2. The van der Waals surface area contributed by atoms with Gasteiger partial charge in [-0.25, -0.2) is 4.79 Å². The molecule has 0 amide bonds. The molecule has 1 saturated carbocycles. The summed E-state index contributed by atoms with van der Waals surface area (Å²) in [5, 5.41) is 13.8. The van der Waals surface area contributed by atoms with Gasteiger partial charge in [0.15, 0.2) is 0 Å². The van der Waals surface area contributed by atoms with Gasteiger partial charge in [-0.1, -0.05) is 18.2 Å². The van der Waals surface area contributed by atoms with Crippen molar-refractivity contribution in [1.82, 2.24) is 4.57 Å². The fraction of sp³-hybridized carbons (Fsp3) is 0.300. The molecule has 0 saturated heterocycles. The van der Waals surface area contributed by atoms with Crippen LogP contribution in [0.5, 0.6) is 0 Å². The van der Waals surface area contributed by atoms with E-state index < -0.39 is 12.0 Å². The molecule has 3 aromatic rings. The Morgan fingerprint density at radius 1 is 1.23 bits per heavy atom. The van der Waals surface area contributed by atoms with E-state index in [1.54, 1.807) is 17.4 Å². The lowest BCUT2D eigenvalue weighted by Gasteiger charge is -2.16. The van der Waals surface area contributed by atoms with Crippen LogP contribution in [-0.2, 0) is 11.2 Å². The van der Waals surface area contributed by atoms with E-state index in [1.807, 2.05) is 12.1 Å². The fourth-order valence-electron chi connectivity index (χ4n) is 3.85. The number of pyridine rings is 1. The third-order valence-electron chi connectivity index (χ3n) is 5.23. The van der Waals surface area contributed by atoms with Crippen LogP contribution in [0.15, 0.2) is 45.5 Å². The molecular formula is C20H17NO3S2. The van der Waals surface area contributed by atoms with Gasteiger partial charge in [-0.05, 0) is 58.7 Å². The summed E-state index contributed by atoms with van der Waals surface area (Å²) in [7, 11) is 0. The van der Waals surface area contributed by atoms with Crippen molar-refractivity contribution in [3.8, 4) is 0 Å². The highest BCUT2D eigenvalue weighted by molar-refractivity contribution is 7.99. The molecule has 1 aliphatic carbocycles. The Bertz CT molecular complexity index is 1090. The predicted octanol–water partition coefficient (Wildman–Crippen LogP) is 4.26. The largest absolute Gasteiger partial charge is 0.480 e. The number of aliphatic carboxylic acids is 1. The quantitative estimate of drug-likeness (QED) is 0.731. The minimum absolute atomic E-state index is 0.184. The zero-order valence-electron chi connectivity index (χ0n) is 14.0. The van der Waals surface area contributed by atoms with Gasteiger partial charge in [0, 0.05) is 16.5 Å². The lowest BCUT2D eigenvalue weighted by Crippen LogP contribution is -2.29. The topological polar surface area (TPSA) is 59.3 Å². The second kappa shape index (κ2) is 5.99. The number of carboxylic acids is 1. The highest BCUT2D eigenvalue weighted by Crippen LogP contribution is 2.48. The standard InChI is InChI=1S/C20H17NO3S2/c22-17-8-12(7-13-9-25-16-4-2-1-3-14(13)16)18(11-5-6-11)19-21(17)15(10-26-19)20(23)24/h1-4,8-9,11,15H,5-7,10H2,(H,23,24)/t15-/m0/s1. The van der Waals surface area contributed by atoms with E-state index in [0.717, 1.165) is 29.9 Å². The average Bonchev–Trinajstić information content (AvgIpc) is 3.21. The number of thioether (sulfide) groups is 1. The monoisotopic (exact) mass is 383 g/mol. The van der Waals surface area contributed by atoms with Crippen molar-refractivity contribution in [3.63, 3.8) is 0 Å². The molecule has 1 N–H and O–H groups in total. The number of aromatic nitrogens is 1. The molecule has 1 aliphatic heterocycles. The molecule has 6 heteroatoms. The Kier molecular flexibility index (Phi) is 3.72. The molecular weight excluding hydrogens is 366 g/mol. The number of carbonyl (C=O) groups is 1. The van der Waals surface area contributed by atoms with Gasteiger partial charge in [-0.3, -0.25) is 9.36 Å². The van der Waals surface area contributed by atoms with Crippen molar-refractivity contribution >= 4 is 39.2 Å². The first-order valence-corrected chi connectivity index (χ1v) is 10.6. The fourth-order valence-corrected chi connectivity index (χ4v) is 6.23. The summed E-state index contributed by atoms with van der Waals surface area (Å²) in [5.41, 5.74) is 3.35. The molecule has 26 heavy (non-hydrogen) atoms. The van der Waals surface area contributed by atoms with Crippen molar-refractivity contribution in [1.29, 1.82) is 0 Å². The summed E-state index contributed by atoms with van der Waals surface area (Å²) in [6.45, 7) is 0. The second-order valence-corrected chi connectivity index (χ2v) is 8.89. The van der Waals surface area contributed by atoms with Gasteiger partial charge < -0.3 is 5.11 Å². The first-order valence-electron chi connectivity index (χ1n) is 8.72. The smallest absolute Gasteiger partial charge is 0.327 e. The van der Waals surface area contributed by atoms with Crippen molar-refractivity contribution in [2.45, 2.75) is 36.2 Å². The van der Waals surface area contributed by atoms with Crippen LogP contribution in [0.25, 0.3) is 10.1 Å². The number of hydrogen-bond acceptors (Lipinski definition) is 4. The van der Waals surface area contributed by atoms with Crippen LogP contribution >= 0.6 is 23.1 Å². The number of benzene rings is 1. The summed E-state index contributed by atoms with van der Waals surface area (Å²) in [4.78, 5) is 24.3. The van der Waals surface area contributed by atoms with Crippen molar-refractivity contribution in [2.75, 3.05) is 5.75 Å². The second-order valence-electron chi connectivity index (χ2n) is 6.97. The number of nitrogens with zero attached hydrogens (tertiary/aromatic N) is 1. The Hall–Kier alpha value is -2.05. The highest BCUT2D eigenvalue weighted by atomic mass is 32.2. The Balaban J connectivity index is 1.65. The van der Waals surface area contributed by atoms with Crippen LogP contribution in [-0.4, -0.2) is 21.4 Å². The van der Waals surface area contributed by atoms with Crippen LogP contribution in [0.2, 0.25) is 0 Å². The molecule has 0 spiro atoms. The molecule has 0 bridgehead atoms. The number of carboxylic acid groups (broad SMARTS) is 1. The van der Waals surface area contributed by atoms with Gasteiger partial charge in [-0.15, -0.1) is 23.1 Å². The van der Waals surface area contributed by atoms with Crippen LogP contribution in [0, 0.1) is 0 Å². The molecule has 132 valence electrons. The van der Waals surface area contributed by atoms with Crippen LogP contribution in [0.3, 0.4) is 0 Å². The van der Waals surface area contributed by atoms with Crippen molar-refractivity contribution in [3.05, 3.63) is 62.8 Å². The molecule has 4 nitrogen and oxygen atoms in total. The lowest BCUT2D eigenvalue weighted by molar-refractivity contribution is -0.140. The Labute approximate surface area is 158 Å². The van der Waals surface area contributed by atoms with Crippen molar-refractivity contribution < 1.29 is 9.90 Å². The van der Waals surface area contributed by atoms with Gasteiger partial charge in [0.25, 0.3) is 5.56 Å². The third kappa shape index (κ3) is 2.51. The summed E-state index contributed by atoms with van der Waals surface area (Å²) in [5.74, 6) is -0.0109. The maximum atomic E-state index is 12.7. The molecule has 1 aromatic carbocycles. The van der Waals surface area contributed by atoms with Gasteiger partial charge >= 0.3 is 5.97 Å². The molecule has 2 aliphatic rings. The van der Waals surface area contributed by atoms with Crippen molar-refractivity contribution in [2.24, 2.45) is 0 Å². The molecule has 1 atom stereocenters. The van der Waals surface area contributed by atoms with E-state index in [-0.39, 0.29) is 5.56 Å². The molecule has 3 heterocycles. The zero-order valence-corrected chi connectivity index (χ0v) is 15.6. The number of hydrogen-bond donors (Lipinski definition) is 1. The number of thiophene rings is 1. The molecule has 2 aromatic heterocycles. The maximum absolute atomic E-state index is 12.7. The van der Waals surface area contributed by atoms with Gasteiger partial charge in [0.1, 0.15) is 6.04 Å². The summed E-state index contributed by atoms with van der Waals surface area (Å²) in [6, 6.07) is 9.29. The Morgan fingerprint density at radius 2 is 2.04 bits per heavy atom. The molecule has 0 radical (unpaired) electrons. The Morgan fingerprint density at radius 3 is 2.81 bits per heavy atom. The van der Waals surface area contributed by atoms with E-state index in [9.17, 15) is 14.7 Å². The predicted molar refractivity (Wildman–Crippen MR) is 105 cm³/mol. The molecule has 5 rings (SSSR count).